The van der Waals surface area contributed by atoms with E-state index in [4.69, 9.17) is 14.2 Å². The molecule has 1 aliphatic rings. The first-order valence-corrected chi connectivity index (χ1v) is 7.70. The molecule has 1 aromatic carbocycles. The van der Waals surface area contributed by atoms with Crippen molar-refractivity contribution in [2.24, 2.45) is 0 Å². The van der Waals surface area contributed by atoms with E-state index >= 15 is 0 Å². The van der Waals surface area contributed by atoms with Gasteiger partial charge in [-0.15, -0.1) is 0 Å². The molecule has 1 unspecified atom stereocenters. The number of hydrogen-bond acceptors (Lipinski definition) is 5. The fourth-order valence-corrected chi connectivity index (χ4v) is 2.92. The van der Waals surface area contributed by atoms with Gasteiger partial charge in [0.25, 0.3) is 0 Å². The Hall–Kier alpha value is -1.75. The summed E-state index contributed by atoms with van der Waals surface area (Å²) in [5.41, 5.74) is 1.15. The number of rotatable bonds is 6. The second kappa shape index (κ2) is 7.49. The summed E-state index contributed by atoms with van der Waals surface area (Å²) in [6.45, 7) is 4.98. The quantitative estimate of drug-likeness (QED) is 0.756. The molecule has 1 saturated heterocycles. The van der Waals surface area contributed by atoms with E-state index < -0.39 is 0 Å². The molecule has 1 heterocycles. The van der Waals surface area contributed by atoms with E-state index in [1.54, 1.807) is 14.2 Å². The minimum Gasteiger partial charge on any atom is -0.493 e. The Morgan fingerprint density at radius 2 is 2.00 bits per heavy atom. The number of likely N-dealkylation sites (tertiary alicyclic amines) is 1. The monoisotopic (exact) mass is 307 g/mol. The van der Waals surface area contributed by atoms with Crippen LogP contribution in [0.4, 0.5) is 0 Å². The van der Waals surface area contributed by atoms with Crippen LogP contribution in [-0.2, 0) is 9.53 Å². The topological polar surface area (TPSA) is 48.0 Å². The van der Waals surface area contributed by atoms with Gasteiger partial charge >= 0.3 is 5.97 Å². The maximum atomic E-state index is 11.9. The van der Waals surface area contributed by atoms with E-state index in [0.29, 0.717) is 6.54 Å². The summed E-state index contributed by atoms with van der Waals surface area (Å²) in [5.74, 6) is 1.27. The zero-order chi connectivity index (χ0) is 16.1. The summed E-state index contributed by atoms with van der Waals surface area (Å²) >= 11 is 0. The number of hydrogen-bond donors (Lipinski definition) is 0. The number of esters is 1. The number of carbonyl (C=O) groups excluding carboxylic acids is 1. The molecule has 0 bridgehead atoms. The Morgan fingerprint density at radius 3 is 2.64 bits per heavy atom. The van der Waals surface area contributed by atoms with E-state index in [1.807, 2.05) is 32.0 Å². The zero-order valence-corrected chi connectivity index (χ0v) is 13.8. The second-order valence-electron chi connectivity index (χ2n) is 5.78. The van der Waals surface area contributed by atoms with Gasteiger partial charge in [0.15, 0.2) is 11.5 Å². The van der Waals surface area contributed by atoms with E-state index in [9.17, 15) is 4.79 Å². The smallest absolute Gasteiger partial charge is 0.320 e. The van der Waals surface area contributed by atoms with Crippen LogP contribution in [0.2, 0.25) is 0 Å². The molecule has 5 heteroatoms. The number of ether oxygens (including phenoxy) is 3. The molecule has 0 aliphatic carbocycles. The highest BCUT2D eigenvalue weighted by molar-refractivity contribution is 5.72. The van der Waals surface area contributed by atoms with Gasteiger partial charge in [-0.25, -0.2) is 0 Å². The average molecular weight is 307 g/mol. The van der Waals surface area contributed by atoms with E-state index in [2.05, 4.69) is 4.90 Å². The summed E-state index contributed by atoms with van der Waals surface area (Å²) in [5, 5.41) is 0. The minimum absolute atomic E-state index is 0.0744. The first kappa shape index (κ1) is 16.6. The Balaban J connectivity index is 2.11. The molecule has 0 N–H and O–H groups in total. The van der Waals surface area contributed by atoms with Gasteiger partial charge in [0, 0.05) is 6.04 Å². The van der Waals surface area contributed by atoms with Crippen LogP contribution >= 0.6 is 0 Å². The lowest BCUT2D eigenvalue weighted by atomic mass is 10.0. The van der Waals surface area contributed by atoms with Crippen LogP contribution in [-0.4, -0.2) is 44.3 Å². The van der Waals surface area contributed by atoms with Crippen LogP contribution in [0.15, 0.2) is 18.2 Å². The van der Waals surface area contributed by atoms with Crippen molar-refractivity contribution in [3.8, 4) is 11.5 Å². The van der Waals surface area contributed by atoms with Crippen LogP contribution in [0.3, 0.4) is 0 Å². The van der Waals surface area contributed by atoms with Gasteiger partial charge in [0.1, 0.15) is 0 Å². The van der Waals surface area contributed by atoms with Crippen molar-refractivity contribution in [1.29, 1.82) is 0 Å². The highest BCUT2D eigenvalue weighted by Gasteiger charge is 2.28. The predicted molar refractivity (Wildman–Crippen MR) is 84.3 cm³/mol. The van der Waals surface area contributed by atoms with Crippen molar-refractivity contribution in [3.63, 3.8) is 0 Å². The van der Waals surface area contributed by atoms with Crippen molar-refractivity contribution in [3.05, 3.63) is 23.8 Å². The van der Waals surface area contributed by atoms with Crippen LogP contribution in [0, 0.1) is 0 Å². The molecule has 0 radical (unpaired) electrons. The number of benzene rings is 1. The fourth-order valence-electron chi connectivity index (χ4n) is 2.92. The van der Waals surface area contributed by atoms with Crippen LogP contribution in [0.1, 0.15) is 38.3 Å². The molecule has 0 amide bonds. The fraction of sp³-hybridized carbons (Fsp3) is 0.588. The zero-order valence-electron chi connectivity index (χ0n) is 13.8. The maximum Gasteiger partial charge on any atom is 0.320 e. The number of nitrogens with zero attached hydrogens (tertiary/aromatic N) is 1. The lowest BCUT2D eigenvalue weighted by Gasteiger charge is -2.25. The molecule has 1 fully saturated rings. The van der Waals surface area contributed by atoms with Gasteiger partial charge in [0.2, 0.25) is 0 Å². The van der Waals surface area contributed by atoms with Crippen LogP contribution in [0.25, 0.3) is 0 Å². The minimum atomic E-state index is -0.164. The van der Waals surface area contributed by atoms with Crippen molar-refractivity contribution < 1.29 is 19.0 Å². The third-order valence-corrected chi connectivity index (χ3v) is 3.86. The Kier molecular flexibility index (Phi) is 5.66. The van der Waals surface area contributed by atoms with Gasteiger partial charge in [-0.05, 0) is 50.9 Å². The van der Waals surface area contributed by atoms with Gasteiger partial charge in [-0.1, -0.05) is 6.07 Å². The largest absolute Gasteiger partial charge is 0.493 e. The third-order valence-electron chi connectivity index (χ3n) is 3.86. The van der Waals surface area contributed by atoms with Crippen molar-refractivity contribution >= 4 is 5.97 Å². The molecule has 0 saturated carbocycles. The van der Waals surface area contributed by atoms with Gasteiger partial charge < -0.3 is 14.2 Å². The first-order chi connectivity index (χ1) is 10.5. The Morgan fingerprint density at radius 1 is 1.27 bits per heavy atom. The molecule has 0 aromatic heterocycles. The van der Waals surface area contributed by atoms with Crippen molar-refractivity contribution in [2.45, 2.75) is 38.8 Å². The highest BCUT2D eigenvalue weighted by Crippen LogP contribution is 2.36. The molecule has 22 heavy (non-hydrogen) atoms. The SMILES string of the molecule is COc1ccc(C2CCCN2CC(=O)OC(C)C)cc1OC. The summed E-state index contributed by atoms with van der Waals surface area (Å²) in [6.07, 6.45) is 2.04. The van der Waals surface area contributed by atoms with Crippen LogP contribution < -0.4 is 9.47 Å². The average Bonchev–Trinajstić information content (AvgIpc) is 2.93. The first-order valence-electron chi connectivity index (χ1n) is 7.70. The molecule has 1 aliphatic heterocycles. The molecule has 122 valence electrons. The second-order valence-corrected chi connectivity index (χ2v) is 5.78. The number of carbonyl (C=O) groups is 1. The molecule has 0 spiro atoms. The summed E-state index contributed by atoms with van der Waals surface area (Å²) < 4.78 is 15.9. The lowest BCUT2D eigenvalue weighted by Crippen LogP contribution is -2.31. The van der Waals surface area contributed by atoms with E-state index in [-0.39, 0.29) is 18.1 Å². The number of methoxy groups -OCH3 is 2. The summed E-state index contributed by atoms with van der Waals surface area (Å²) in [4.78, 5) is 14.1. The Bertz CT molecular complexity index is 515. The normalized spacial score (nSPS) is 18.5. The van der Waals surface area contributed by atoms with Crippen LogP contribution in [0.5, 0.6) is 11.5 Å². The van der Waals surface area contributed by atoms with E-state index in [0.717, 1.165) is 36.4 Å². The van der Waals surface area contributed by atoms with Crippen molar-refractivity contribution in [1.82, 2.24) is 4.90 Å². The summed E-state index contributed by atoms with van der Waals surface area (Å²) in [6, 6.07) is 6.17. The molecular formula is C17H25NO4. The molecule has 1 atom stereocenters. The third kappa shape index (κ3) is 3.91. The van der Waals surface area contributed by atoms with Gasteiger partial charge in [0.05, 0.1) is 26.9 Å². The standard InChI is InChI=1S/C17H25NO4/c1-12(2)22-17(19)11-18-9-5-6-14(18)13-7-8-15(20-3)16(10-13)21-4/h7-8,10,12,14H,5-6,9,11H2,1-4H3. The molecule has 2 rings (SSSR count). The Labute approximate surface area is 132 Å². The summed E-state index contributed by atoms with van der Waals surface area (Å²) in [7, 11) is 3.26. The molecule has 1 aromatic rings. The lowest BCUT2D eigenvalue weighted by molar-refractivity contribution is -0.148. The molecule has 5 nitrogen and oxygen atoms in total. The van der Waals surface area contributed by atoms with Crippen molar-refractivity contribution in [2.75, 3.05) is 27.3 Å². The molecular weight excluding hydrogens is 282 g/mol. The maximum absolute atomic E-state index is 11.9. The van der Waals surface area contributed by atoms with Gasteiger partial charge in [-0.2, -0.15) is 0 Å². The highest BCUT2D eigenvalue weighted by atomic mass is 16.5. The predicted octanol–water partition coefficient (Wildman–Crippen LogP) is 2.79. The van der Waals surface area contributed by atoms with E-state index in [1.165, 1.54) is 0 Å². The van der Waals surface area contributed by atoms with Gasteiger partial charge in [-0.3, -0.25) is 9.69 Å².